The van der Waals surface area contributed by atoms with Gasteiger partial charge in [-0.1, -0.05) is 30.7 Å². The summed E-state index contributed by atoms with van der Waals surface area (Å²) in [5.41, 5.74) is 4.37. The highest BCUT2D eigenvalue weighted by atomic mass is 35.5. The molecule has 0 radical (unpaired) electrons. The zero-order valence-corrected chi connectivity index (χ0v) is 14.9. The predicted molar refractivity (Wildman–Crippen MR) is 93.9 cm³/mol. The molecule has 0 saturated heterocycles. The molecule has 0 aliphatic rings. The molecule has 124 valence electrons. The van der Waals surface area contributed by atoms with E-state index in [0.717, 1.165) is 28.4 Å². The molecule has 1 aromatic heterocycles. The molecule has 0 spiro atoms. The van der Waals surface area contributed by atoms with Gasteiger partial charge in [0.05, 0.1) is 5.69 Å². The average Bonchev–Trinajstić information content (AvgIpc) is 2.85. The number of nitrogens with zero attached hydrogens (tertiary/aromatic N) is 2. The smallest absolute Gasteiger partial charge is 0.222 e. The second-order valence-electron chi connectivity index (χ2n) is 6.14. The van der Waals surface area contributed by atoms with Gasteiger partial charge in [0.1, 0.15) is 0 Å². The Morgan fingerprint density at radius 2 is 1.96 bits per heavy atom. The molecule has 23 heavy (non-hydrogen) atoms. The number of carbonyl (C=O) groups excluding carboxylic acids is 1. The fraction of sp³-hybridized carbons (Fsp3) is 0.444. The van der Waals surface area contributed by atoms with E-state index in [4.69, 9.17) is 11.6 Å². The van der Waals surface area contributed by atoms with Gasteiger partial charge < -0.3 is 4.90 Å². The SMILES string of the molecule is Cc1n[nH]c(C)c1C(C)CC(=O)N(C)CCc1ccc(Cl)cc1. The second kappa shape index (κ2) is 7.64. The zero-order valence-electron chi connectivity index (χ0n) is 14.2. The molecule has 4 nitrogen and oxygen atoms in total. The van der Waals surface area contributed by atoms with E-state index >= 15 is 0 Å². The quantitative estimate of drug-likeness (QED) is 0.872. The molecule has 0 saturated carbocycles. The number of aromatic nitrogens is 2. The largest absolute Gasteiger partial charge is 0.345 e. The average molecular weight is 334 g/mol. The van der Waals surface area contributed by atoms with Gasteiger partial charge in [0.15, 0.2) is 0 Å². The molecule has 5 heteroatoms. The number of H-pyrrole nitrogens is 1. The van der Waals surface area contributed by atoms with E-state index in [1.807, 2.05) is 45.2 Å². The number of likely N-dealkylation sites (N-methyl/N-ethyl adjacent to an activating group) is 1. The Morgan fingerprint density at radius 1 is 1.30 bits per heavy atom. The third kappa shape index (κ3) is 4.58. The van der Waals surface area contributed by atoms with Crippen LogP contribution in [0.25, 0.3) is 0 Å². The van der Waals surface area contributed by atoms with E-state index < -0.39 is 0 Å². The third-order valence-electron chi connectivity index (χ3n) is 4.23. The van der Waals surface area contributed by atoms with Crippen LogP contribution in [-0.4, -0.2) is 34.6 Å². The molecule has 1 aromatic carbocycles. The lowest BCUT2D eigenvalue weighted by atomic mass is 9.95. The van der Waals surface area contributed by atoms with Crippen molar-refractivity contribution in [2.24, 2.45) is 0 Å². The number of aromatic amines is 1. The number of halogens is 1. The maximum atomic E-state index is 12.4. The highest BCUT2D eigenvalue weighted by molar-refractivity contribution is 6.30. The van der Waals surface area contributed by atoms with Gasteiger partial charge in [0.2, 0.25) is 5.91 Å². The lowest BCUT2D eigenvalue weighted by Crippen LogP contribution is -2.29. The number of hydrogen-bond acceptors (Lipinski definition) is 2. The van der Waals surface area contributed by atoms with E-state index in [2.05, 4.69) is 17.1 Å². The van der Waals surface area contributed by atoms with Crippen molar-refractivity contribution in [3.63, 3.8) is 0 Å². The minimum absolute atomic E-state index is 0.159. The van der Waals surface area contributed by atoms with Crippen LogP contribution < -0.4 is 0 Å². The van der Waals surface area contributed by atoms with Gasteiger partial charge in [0.25, 0.3) is 0 Å². The van der Waals surface area contributed by atoms with Crippen molar-refractivity contribution in [3.05, 3.63) is 51.8 Å². The number of carbonyl (C=O) groups is 1. The zero-order chi connectivity index (χ0) is 17.0. The fourth-order valence-electron chi connectivity index (χ4n) is 2.88. The van der Waals surface area contributed by atoms with Crippen molar-refractivity contribution in [1.82, 2.24) is 15.1 Å². The van der Waals surface area contributed by atoms with E-state index in [9.17, 15) is 4.79 Å². The summed E-state index contributed by atoms with van der Waals surface area (Å²) in [5, 5.41) is 7.93. The summed E-state index contributed by atoms with van der Waals surface area (Å²) >= 11 is 5.88. The Kier molecular flexibility index (Phi) is 5.83. The van der Waals surface area contributed by atoms with Gasteiger partial charge in [-0.3, -0.25) is 9.89 Å². The number of hydrogen-bond donors (Lipinski definition) is 1. The van der Waals surface area contributed by atoms with Crippen LogP contribution in [0.3, 0.4) is 0 Å². The van der Waals surface area contributed by atoms with Crippen LogP contribution in [0.15, 0.2) is 24.3 Å². The van der Waals surface area contributed by atoms with Gasteiger partial charge in [-0.15, -0.1) is 0 Å². The van der Waals surface area contributed by atoms with Crippen molar-refractivity contribution in [1.29, 1.82) is 0 Å². The number of aryl methyl sites for hydroxylation is 2. The maximum absolute atomic E-state index is 12.4. The van der Waals surface area contributed by atoms with Crippen LogP contribution in [0.2, 0.25) is 5.02 Å². The molecule has 1 N–H and O–H groups in total. The first-order valence-electron chi connectivity index (χ1n) is 7.88. The molecule has 1 amide bonds. The van der Waals surface area contributed by atoms with Crippen LogP contribution in [0, 0.1) is 13.8 Å². The summed E-state index contributed by atoms with van der Waals surface area (Å²) in [5.74, 6) is 0.325. The topological polar surface area (TPSA) is 49.0 Å². The summed E-state index contributed by atoms with van der Waals surface area (Å²) in [4.78, 5) is 14.2. The summed E-state index contributed by atoms with van der Waals surface area (Å²) < 4.78 is 0. The minimum atomic E-state index is 0.159. The van der Waals surface area contributed by atoms with Crippen molar-refractivity contribution in [3.8, 4) is 0 Å². The molecule has 2 aromatic rings. The molecule has 0 aliphatic carbocycles. The first kappa shape index (κ1) is 17.5. The van der Waals surface area contributed by atoms with E-state index in [-0.39, 0.29) is 11.8 Å². The van der Waals surface area contributed by atoms with Crippen LogP contribution >= 0.6 is 11.6 Å². The van der Waals surface area contributed by atoms with Gasteiger partial charge >= 0.3 is 0 Å². The lowest BCUT2D eigenvalue weighted by Gasteiger charge is -2.20. The van der Waals surface area contributed by atoms with Crippen molar-refractivity contribution in [2.45, 2.75) is 39.5 Å². The van der Waals surface area contributed by atoms with Crippen LogP contribution in [0.4, 0.5) is 0 Å². The summed E-state index contributed by atoms with van der Waals surface area (Å²) in [7, 11) is 1.86. The number of nitrogens with one attached hydrogen (secondary N) is 1. The highest BCUT2D eigenvalue weighted by Gasteiger charge is 2.19. The van der Waals surface area contributed by atoms with Crippen molar-refractivity contribution >= 4 is 17.5 Å². The van der Waals surface area contributed by atoms with Gasteiger partial charge in [0, 0.05) is 30.7 Å². The Hall–Kier alpha value is -1.81. The Bertz CT molecular complexity index is 644. The van der Waals surface area contributed by atoms with Crippen LogP contribution in [-0.2, 0) is 11.2 Å². The monoisotopic (exact) mass is 333 g/mol. The Morgan fingerprint density at radius 3 is 2.52 bits per heavy atom. The van der Waals surface area contributed by atoms with Gasteiger partial charge in [-0.05, 0) is 49.4 Å². The van der Waals surface area contributed by atoms with Gasteiger partial charge in [-0.2, -0.15) is 5.10 Å². The fourth-order valence-corrected chi connectivity index (χ4v) is 3.00. The lowest BCUT2D eigenvalue weighted by molar-refractivity contribution is -0.130. The van der Waals surface area contributed by atoms with Crippen LogP contribution in [0.5, 0.6) is 0 Å². The third-order valence-corrected chi connectivity index (χ3v) is 4.49. The van der Waals surface area contributed by atoms with E-state index in [1.165, 1.54) is 5.56 Å². The number of amides is 1. The number of rotatable bonds is 6. The first-order valence-corrected chi connectivity index (χ1v) is 8.26. The molecule has 0 fully saturated rings. The molecule has 1 unspecified atom stereocenters. The highest BCUT2D eigenvalue weighted by Crippen LogP contribution is 2.24. The normalized spacial score (nSPS) is 12.2. The Balaban J connectivity index is 1.88. The Labute approximate surface area is 142 Å². The summed E-state index contributed by atoms with van der Waals surface area (Å²) in [6, 6.07) is 7.76. The molecule has 0 aliphatic heterocycles. The maximum Gasteiger partial charge on any atom is 0.222 e. The first-order chi connectivity index (χ1) is 10.9. The number of benzene rings is 1. The van der Waals surface area contributed by atoms with Crippen molar-refractivity contribution in [2.75, 3.05) is 13.6 Å². The summed E-state index contributed by atoms with van der Waals surface area (Å²) in [6.07, 6.45) is 1.33. The molecule has 1 heterocycles. The second-order valence-corrected chi connectivity index (χ2v) is 6.58. The predicted octanol–water partition coefficient (Wildman–Crippen LogP) is 3.87. The minimum Gasteiger partial charge on any atom is -0.345 e. The standard InChI is InChI=1S/C18H24ClN3O/c1-12(18-13(2)20-21-14(18)3)11-17(23)22(4)10-9-15-5-7-16(19)8-6-15/h5-8,12H,9-11H2,1-4H3,(H,20,21). The molecule has 0 bridgehead atoms. The van der Waals surface area contributed by atoms with Gasteiger partial charge in [-0.25, -0.2) is 0 Å². The van der Waals surface area contributed by atoms with E-state index in [0.29, 0.717) is 13.0 Å². The summed E-state index contributed by atoms with van der Waals surface area (Å²) in [6.45, 7) is 6.76. The molecule has 1 atom stereocenters. The molecular weight excluding hydrogens is 310 g/mol. The van der Waals surface area contributed by atoms with Crippen LogP contribution in [0.1, 0.15) is 41.8 Å². The molecule has 2 rings (SSSR count). The van der Waals surface area contributed by atoms with E-state index in [1.54, 1.807) is 4.90 Å². The van der Waals surface area contributed by atoms with Crippen molar-refractivity contribution < 1.29 is 4.79 Å². The molecular formula is C18H24ClN3O.